The van der Waals surface area contributed by atoms with Gasteiger partial charge in [0.05, 0.1) is 12.5 Å². The normalized spacial score (nSPS) is 17.7. The number of hydrogen-bond donors (Lipinski definition) is 1. The number of ether oxygens (including phenoxy) is 1. The molecule has 3 heteroatoms. The smallest absolute Gasteiger partial charge is 0.309 e. The van der Waals surface area contributed by atoms with E-state index in [2.05, 4.69) is 62.0 Å². The zero-order valence-electron chi connectivity index (χ0n) is 16.5. The van der Waals surface area contributed by atoms with Crippen molar-refractivity contribution in [3.8, 4) is 0 Å². The highest BCUT2D eigenvalue weighted by Gasteiger charge is 2.51. The molecule has 0 aliphatic rings. The van der Waals surface area contributed by atoms with Crippen LogP contribution < -0.4 is 0 Å². The van der Waals surface area contributed by atoms with Crippen LogP contribution in [-0.4, -0.2) is 23.3 Å². The predicted molar refractivity (Wildman–Crippen MR) is 97.2 cm³/mol. The van der Waals surface area contributed by atoms with Gasteiger partial charge in [-0.3, -0.25) is 4.79 Å². The fourth-order valence-corrected chi connectivity index (χ4v) is 3.45. The molecule has 0 saturated heterocycles. The van der Waals surface area contributed by atoms with E-state index >= 15 is 0 Å². The Morgan fingerprint density at radius 1 is 1.22 bits per heavy atom. The third-order valence-electron chi connectivity index (χ3n) is 5.54. The van der Waals surface area contributed by atoms with Gasteiger partial charge in [0.2, 0.25) is 0 Å². The Hall–Kier alpha value is -0.830. The van der Waals surface area contributed by atoms with Crippen molar-refractivity contribution in [3.05, 3.63) is 12.7 Å². The van der Waals surface area contributed by atoms with Crippen molar-refractivity contribution >= 4 is 5.97 Å². The van der Waals surface area contributed by atoms with E-state index in [1.165, 1.54) is 0 Å². The lowest BCUT2D eigenvalue weighted by Gasteiger charge is -2.52. The number of hydrogen-bond acceptors (Lipinski definition) is 3. The van der Waals surface area contributed by atoms with Gasteiger partial charge >= 0.3 is 5.97 Å². The Kier molecular flexibility index (Phi) is 8.54. The van der Waals surface area contributed by atoms with Gasteiger partial charge in [-0.1, -0.05) is 61.5 Å². The van der Waals surface area contributed by atoms with Gasteiger partial charge in [-0.15, -0.1) is 6.58 Å². The number of carbonyl (C=O) groups is 1. The number of aliphatic hydroxyl groups excluding tert-OH is 1. The Bertz CT molecular complexity index is 384. The average molecular weight is 327 g/mol. The molecule has 0 amide bonds. The van der Waals surface area contributed by atoms with Gasteiger partial charge in [0.25, 0.3) is 0 Å². The van der Waals surface area contributed by atoms with Crippen molar-refractivity contribution in [2.45, 2.75) is 86.9 Å². The molecular weight excluding hydrogens is 288 g/mol. The topological polar surface area (TPSA) is 46.5 Å². The Morgan fingerprint density at radius 2 is 1.74 bits per heavy atom. The third kappa shape index (κ3) is 5.34. The molecule has 136 valence electrons. The quantitative estimate of drug-likeness (QED) is 0.455. The van der Waals surface area contributed by atoms with Crippen LogP contribution in [0.2, 0.25) is 0 Å². The maximum Gasteiger partial charge on any atom is 0.309 e. The molecule has 0 spiro atoms. The first-order chi connectivity index (χ1) is 10.4. The van der Waals surface area contributed by atoms with Gasteiger partial charge in [0.15, 0.2) is 0 Å². The van der Waals surface area contributed by atoms with Crippen molar-refractivity contribution in [1.29, 1.82) is 0 Å². The van der Waals surface area contributed by atoms with E-state index in [1.807, 2.05) is 0 Å². The maximum atomic E-state index is 12.0. The average Bonchev–Trinajstić information content (AvgIpc) is 2.42. The van der Waals surface area contributed by atoms with Crippen molar-refractivity contribution in [2.24, 2.45) is 22.7 Å². The number of esters is 1. The van der Waals surface area contributed by atoms with Crippen LogP contribution in [-0.2, 0) is 9.53 Å². The number of carbonyl (C=O) groups excluding carboxylic acids is 1. The largest absolute Gasteiger partial charge is 0.461 e. The molecule has 3 unspecified atom stereocenters. The lowest BCUT2D eigenvalue weighted by molar-refractivity contribution is -0.178. The van der Waals surface area contributed by atoms with E-state index in [-0.39, 0.29) is 35.2 Å². The Balaban J connectivity index is 5.63. The fourth-order valence-electron chi connectivity index (χ4n) is 3.45. The van der Waals surface area contributed by atoms with Gasteiger partial charge in [-0.2, -0.15) is 0 Å². The van der Waals surface area contributed by atoms with Crippen LogP contribution in [0, 0.1) is 22.7 Å². The molecule has 1 N–H and O–H groups in total. The molecule has 3 atom stereocenters. The number of rotatable bonds is 10. The first-order valence-corrected chi connectivity index (χ1v) is 8.92. The van der Waals surface area contributed by atoms with Gasteiger partial charge in [-0.25, -0.2) is 0 Å². The third-order valence-corrected chi connectivity index (χ3v) is 5.54. The van der Waals surface area contributed by atoms with E-state index in [1.54, 1.807) is 6.08 Å². The molecule has 0 aromatic rings. The molecule has 0 radical (unpaired) electrons. The summed E-state index contributed by atoms with van der Waals surface area (Å²) >= 11 is 0. The predicted octanol–water partition coefficient (Wildman–Crippen LogP) is 4.98. The van der Waals surface area contributed by atoms with Crippen LogP contribution in [0.15, 0.2) is 12.7 Å². The van der Waals surface area contributed by atoms with Crippen molar-refractivity contribution < 1.29 is 14.6 Å². The van der Waals surface area contributed by atoms with Gasteiger partial charge in [-0.05, 0) is 30.1 Å². The zero-order valence-corrected chi connectivity index (χ0v) is 16.5. The standard InChI is InChI=1S/C20H38O3/c1-10-12-17(22)23-18(15(5)6)20(9,11-2)19(7,8)16(21)13-14(3)4/h10,14-16,18,21H,1,11-13H2,2-9H3. The number of aliphatic hydroxyl groups is 1. The summed E-state index contributed by atoms with van der Waals surface area (Å²) in [6.45, 7) is 20.4. The van der Waals surface area contributed by atoms with E-state index < -0.39 is 6.10 Å². The molecule has 3 nitrogen and oxygen atoms in total. The first kappa shape index (κ1) is 22.2. The van der Waals surface area contributed by atoms with Crippen LogP contribution in [0.4, 0.5) is 0 Å². The van der Waals surface area contributed by atoms with E-state index in [0.717, 1.165) is 12.8 Å². The van der Waals surface area contributed by atoms with Crippen LogP contribution >= 0.6 is 0 Å². The van der Waals surface area contributed by atoms with Crippen LogP contribution in [0.3, 0.4) is 0 Å². The summed E-state index contributed by atoms with van der Waals surface area (Å²) in [7, 11) is 0. The second kappa shape index (κ2) is 8.86. The highest BCUT2D eigenvalue weighted by atomic mass is 16.5. The maximum absolute atomic E-state index is 12.0. The lowest BCUT2D eigenvalue weighted by Crippen LogP contribution is -2.54. The van der Waals surface area contributed by atoms with E-state index in [4.69, 9.17) is 4.74 Å². The van der Waals surface area contributed by atoms with Gasteiger partial charge in [0, 0.05) is 5.41 Å². The molecule has 0 aromatic heterocycles. The van der Waals surface area contributed by atoms with Crippen LogP contribution in [0.5, 0.6) is 0 Å². The molecule has 0 rings (SSSR count). The lowest BCUT2D eigenvalue weighted by atomic mass is 9.57. The van der Waals surface area contributed by atoms with E-state index in [0.29, 0.717) is 5.92 Å². The second-order valence-corrected chi connectivity index (χ2v) is 8.29. The summed E-state index contributed by atoms with van der Waals surface area (Å²) in [6, 6.07) is 0. The summed E-state index contributed by atoms with van der Waals surface area (Å²) in [5.74, 6) is 0.359. The fraction of sp³-hybridized carbons (Fsp3) is 0.850. The highest BCUT2D eigenvalue weighted by molar-refractivity contribution is 5.71. The second-order valence-electron chi connectivity index (χ2n) is 8.29. The molecule has 23 heavy (non-hydrogen) atoms. The van der Waals surface area contributed by atoms with Gasteiger partial charge in [0.1, 0.15) is 6.10 Å². The minimum Gasteiger partial charge on any atom is -0.461 e. The summed E-state index contributed by atoms with van der Waals surface area (Å²) in [4.78, 5) is 12.0. The molecule has 0 fully saturated rings. The van der Waals surface area contributed by atoms with Crippen molar-refractivity contribution in [3.63, 3.8) is 0 Å². The van der Waals surface area contributed by atoms with Crippen LogP contribution in [0.25, 0.3) is 0 Å². The Labute approximate surface area is 143 Å². The molecule has 0 aliphatic heterocycles. The minimum atomic E-state index is -0.438. The first-order valence-electron chi connectivity index (χ1n) is 8.92. The molecule has 0 heterocycles. The zero-order chi connectivity index (χ0) is 18.4. The SMILES string of the molecule is C=CCC(=O)OC(C(C)C)C(C)(CC)C(C)(C)C(O)CC(C)C. The highest BCUT2D eigenvalue weighted by Crippen LogP contribution is 2.50. The summed E-state index contributed by atoms with van der Waals surface area (Å²) in [5.41, 5.74) is -0.679. The van der Waals surface area contributed by atoms with Crippen molar-refractivity contribution in [1.82, 2.24) is 0 Å². The van der Waals surface area contributed by atoms with Crippen molar-refractivity contribution in [2.75, 3.05) is 0 Å². The van der Waals surface area contributed by atoms with Gasteiger partial charge < -0.3 is 9.84 Å². The summed E-state index contributed by atoms with van der Waals surface area (Å²) in [6.07, 6.45) is 2.69. The minimum absolute atomic E-state index is 0.180. The molecule has 0 aliphatic carbocycles. The summed E-state index contributed by atoms with van der Waals surface area (Å²) in [5, 5.41) is 10.8. The molecule has 0 saturated carbocycles. The molecular formula is C20H38O3. The van der Waals surface area contributed by atoms with E-state index in [9.17, 15) is 9.90 Å². The molecule has 0 aromatic carbocycles. The molecule has 0 bridgehead atoms. The monoisotopic (exact) mass is 326 g/mol. The summed E-state index contributed by atoms with van der Waals surface area (Å²) < 4.78 is 5.83. The Morgan fingerprint density at radius 3 is 2.09 bits per heavy atom. The van der Waals surface area contributed by atoms with Crippen LogP contribution in [0.1, 0.15) is 74.7 Å².